The second-order valence-corrected chi connectivity index (χ2v) is 7.50. The molecule has 1 aliphatic heterocycles. The Morgan fingerprint density at radius 3 is 1.91 bits per heavy atom. The van der Waals surface area contributed by atoms with Crippen molar-refractivity contribution in [3.05, 3.63) is 65.2 Å². The van der Waals surface area contributed by atoms with Crippen molar-refractivity contribution in [1.82, 2.24) is 10.2 Å². The number of amides is 3. The van der Waals surface area contributed by atoms with Crippen molar-refractivity contribution in [3.63, 3.8) is 0 Å². The Balaban J connectivity index is 1.74. The maximum atomic E-state index is 12.9. The van der Waals surface area contributed by atoms with Crippen molar-refractivity contribution in [1.29, 1.82) is 0 Å². The lowest BCUT2D eigenvalue weighted by molar-refractivity contribution is -0.190. The lowest BCUT2D eigenvalue weighted by Gasteiger charge is -2.53. The molecule has 0 aromatic heterocycles. The van der Waals surface area contributed by atoms with Gasteiger partial charge in [0.2, 0.25) is 5.91 Å². The number of ether oxygens (including phenoxy) is 1. The fraction of sp³-hybridized carbons (Fsp3) is 0.304. The van der Waals surface area contributed by atoms with Crippen molar-refractivity contribution in [2.75, 3.05) is 0 Å². The van der Waals surface area contributed by atoms with E-state index in [0.29, 0.717) is 24.2 Å². The summed E-state index contributed by atoms with van der Waals surface area (Å²) in [6.07, 6.45) is 0.108. The van der Waals surface area contributed by atoms with E-state index in [-0.39, 0.29) is 23.6 Å². The first-order valence-electron chi connectivity index (χ1n) is 10.2. The second kappa shape index (κ2) is 9.09. The maximum Gasteiger partial charge on any atom is 0.335 e. The van der Waals surface area contributed by atoms with E-state index in [1.54, 1.807) is 12.1 Å². The zero-order chi connectivity index (χ0) is 23.5. The summed E-state index contributed by atoms with van der Waals surface area (Å²) in [6, 6.07) is 11.2. The molecule has 9 heteroatoms. The minimum absolute atomic E-state index is 0.0998. The molecule has 3 N–H and O–H groups in total. The van der Waals surface area contributed by atoms with Crippen LogP contribution < -0.4 is 10.1 Å². The van der Waals surface area contributed by atoms with E-state index in [0.717, 1.165) is 4.90 Å². The van der Waals surface area contributed by atoms with Crippen molar-refractivity contribution in [2.24, 2.45) is 5.41 Å². The number of rotatable bonds is 8. The summed E-state index contributed by atoms with van der Waals surface area (Å²) in [6.45, 7) is 3.81. The number of hydrogen-bond acceptors (Lipinski definition) is 5. The third-order valence-electron chi connectivity index (χ3n) is 5.83. The highest BCUT2D eigenvalue weighted by Crippen LogP contribution is 2.46. The first-order valence-corrected chi connectivity index (χ1v) is 10.2. The number of nitrogens with zero attached hydrogens (tertiary/aromatic N) is 1. The lowest BCUT2D eigenvalue weighted by atomic mass is 9.72. The standard InChI is InChI=1S/C23H24N2O7/c1-3-23(4-2)20(30)25(21(23)32-17-11-9-16(10-12-17)19(28)29)22(31)24-13-14-5-7-15(8-6-14)18(26)27/h5-12,21H,3-4,13H2,1-2H3,(H,24,31)(H,26,27)(H,28,29). The molecule has 2 aromatic rings. The van der Waals surface area contributed by atoms with Crippen LogP contribution in [0.15, 0.2) is 48.5 Å². The average molecular weight is 440 g/mol. The van der Waals surface area contributed by atoms with Crippen LogP contribution in [0.2, 0.25) is 0 Å². The molecule has 3 amide bonds. The summed E-state index contributed by atoms with van der Waals surface area (Å²) in [5.74, 6) is -2.10. The van der Waals surface area contributed by atoms with Crippen LogP contribution in [0.4, 0.5) is 4.79 Å². The Bertz CT molecular complexity index is 1030. The molecule has 1 fully saturated rings. The van der Waals surface area contributed by atoms with Gasteiger partial charge in [0.1, 0.15) is 11.2 Å². The van der Waals surface area contributed by atoms with Crippen molar-refractivity contribution < 1.29 is 34.1 Å². The summed E-state index contributed by atoms with van der Waals surface area (Å²) in [5.41, 5.74) is 0.0560. The normalized spacial score (nSPS) is 16.8. The Morgan fingerprint density at radius 2 is 1.44 bits per heavy atom. The number of urea groups is 1. The highest BCUT2D eigenvalue weighted by molar-refractivity contribution is 6.03. The average Bonchev–Trinajstić information content (AvgIpc) is 2.79. The number of carbonyl (C=O) groups is 4. The molecule has 9 nitrogen and oxygen atoms in total. The number of likely N-dealkylation sites (tertiary alicyclic amines) is 1. The van der Waals surface area contributed by atoms with Gasteiger partial charge in [-0.1, -0.05) is 26.0 Å². The molecule has 2 aromatic carbocycles. The van der Waals surface area contributed by atoms with Crippen LogP contribution in [-0.4, -0.2) is 45.2 Å². The zero-order valence-electron chi connectivity index (χ0n) is 17.7. The van der Waals surface area contributed by atoms with Crippen LogP contribution in [0.25, 0.3) is 0 Å². The molecular formula is C23H24N2O7. The number of carboxylic acid groups (broad SMARTS) is 2. The van der Waals surface area contributed by atoms with Gasteiger partial charge in [0.15, 0.2) is 6.23 Å². The Hall–Kier alpha value is -3.88. The number of β-lactam (4-membered cyclic amide) rings is 1. The molecule has 1 heterocycles. The van der Waals surface area contributed by atoms with Crippen LogP contribution in [0, 0.1) is 5.41 Å². The molecule has 0 aliphatic carbocycles. The fourth-order valence-electron chi connectivity index (χ4n) is 3.73. The zero-order valence-corrected chi connectivity index (χ0v) is 17.7. The molecule has 0 bridgehead atoms. The van der Waals surface area contributed by atoms with E-state index >= 15 is 0 Å². The number of benzene rings is 2. The summed E-state index contributed by atoms with van der Waals surface area (Å²) >= 11 is 0. The number of carbonyl (C=O) groups excluding carboxylic acids is 2. The lowest BCUT2D eigenvalue weighted by Crippen LogP contribution is -2.73. The topological polar surface area (TPSA) is 133 Å². The van der Waals surface area contributed by atoms with Gasteiger partial charge in [-0.15, -0.1) is 0 Å². The Morgan fingerprint density at radius 1 is 0.938 bits per heavy atom. The van der Waals surface area contributed by atoms with Gasteiger partial charge in [-0.3, -0.25) is 4.79 Å². The van der Waals surface area contributed by atoms with Crippen LogP contribution in [-0.2, 0) is 11.3 Å². The van der Waals surface area contributed by atoms with Crippen molar-refractivity contribution in [2.45, 2.75) is 39.5 Å². The summed E-state index contributed by atoms with van der Waals surface area (Å²) in [7, 11) is 0. The number of aromatic carboxylic acids is 2. The molecule has 32 heavy (non-hydrogen) atoms. The van der Waals surface area contributed by atoms with E-state index in [1.165, 1.54) is 36.4 Å². The van der Waals surface area contributed by atoms with Gasteiger partial charge in [-0.25, -0.2) is 19.3 Å². The highest BCUT2D eigenvalue weighted by Gasteiger charge is 2.62. The molecule has 3 rings (SSSR count). The van der Waals surface area contributed by atoms with E-state index in [2.05, 4.69) is 5.32 Å². The quantitative estimate of drug-likeness (QED) is 0.536. The minimum Gasteiger partial charge on any atom is -0.478 e. The molecule has 1 aliphatic rings. The highest BCUT2D eigenvalue weighted by atomic mass is 16.5. The molecule has 168 valence electrons. The van der Waals surface area contributed by atoms with E-state index in [1.807, 2.05) is 13.8 Å². The Kier molecular flexibility index (Phi) is 6.47. The minimum atomic E-state index is -1.07. The number of nitrogens with one attached hydrogen (secondary N) is 1. The van der Waals surface area contributed by atoms with Crippen molar-refractivity contribution in [3.8, 4) is 5.75 Å². The first-order chi connectivity index (χ1) is 15.2. The molecule has 1 atom stereocenters. The smallest absolute Gasteiger partial charge is 0.335 e. The van der Waals surface area contributed by atoms with Gasteiger partial charge in [0.05, 0.1) is 11.1 Å². The van der Waals surface area contributed by atoms with Gasteiger partial charge in [-0.05, 0) is 54.8 Å². The number of hydrogen-bond donors (Lipinski definition) is 3. The molecule has 1 saturated heterocycles. The molecule has 0 radical (unpaired) electrons. The maximum absolute atomic E-state index is 12.9. The summed E-state index contributed by atoms with van der Waals surface area (Å²) in [5, 5.41) is 20.7. The summed E-state index contributed by atoms with van der Waals surface area (Å²) in [4.78, 5) is 48.7. The van der Waals surface area contributed by atoms with E-state index in [4.69, 9.17) is 14.9 Å². The predicted octanol–water partition coefficient (Wildman–Crippen LogP) is 3.35. The second-order valence-electron chi connectivity index (χ2n) is 7.50. The molecular weight excluding hydrogens is 416 g/mol. The van der Waals surface area contributed by atoms with Gasteiger partial charge in [-0.2, -0.15) is 0 Å². The fourth-order valence-corrected chi connectivity index (χ4v) is 3.73. The number of carboxylic acids is 2. The van der Waals surface area contributed by atoms with Gasteiger partial charge < -0.3 is 20.3 Å². The number of imide groups is 1. The van der Waals surface area contributed by atoms with Gasteiger partial charge >= 0.3 is 18.0 Å². The molecule has 0 saturated carbocycles. The van der Waals surface area contributed by atoms with Crippen LogP contribution in [0.5, 0.6) is 5.75 Å². The predicted molar refractivity (Wildman–Crippen MR) is 113 cm³/mol. The van der Waals surface area contributed by atoms with Gasteiger partial charge in [0.25, 0.3) is 0 Å². The Labute approximate surface area is 184 Å². The third-order valence-corrected chi connectivity index (χ3v) is 5.83. The van der Waals surface area contributed by atoms with E-state index in [9.17, 15) is 19.2 Å². The van der Waals surface area contributed by atoms with Gasteiger partial charge in [0, 0.05) is 6.54 Å². The van der Waals surface area contributed by atoms with E-state index < -0.39 is 29.6 Å². The third kappa shape index (κ3) is 4.14. The first kappa shape index (κ1) is 22.8. The van der Waals surface area contributed by atoms with Crippen molar-refractivity contribution >= 4 is 23.9 Å². The van der Waals surface area contributed by atoms with Crippen LogP contribution >= 0.6 is 0 Å². The van der Waals surface area contributed by atoms with Crippen LogP contribution in [0.1, 0.15) is 53.0 Å². The summed E-state index contributed by atoms with van der Waals surface area (Å²) < 4.78 is 5.97. The largest absolute Gasteiger partial charge is 0.478 e. The molecule has 0 spiro atoms. The monoisotopic (exact) mass is 440 g/mol. The van der Waals surface area contributed by atoms with Crippen LogP contribution in [0.3, 0.4) is 0 Å². The SMILES string of the molecule is CCC1(CC)C(=O)N(C(=O)NCc2ccc(C(=O)O)cc2)C1Oc1ccc(C(=O)O)cc1. The molecule has 1 unspecified atom stereocenters.